The van der Waals surface area contributed by atoms with E-state index in [2.05, 4.69) is 0 Å². The molecule has 17 heavy (non-hydrogen) atoms. The van der Waals surface area contributed by atoms with Crippen molar-refractivity contribution in [3.05, 3.63) is 35.4 Å². The van der Waals surface area contributed by atoms with Crippen LogP contribution in [0.1, 0.15) is 5.56 Å². The molecule has 0 bridgehead atoms. The molecule has 0 aliphatic carbocycles. The van der Waals surface area contributed by atoms with Crippen molar-refractivity contribution < 1.29 is 21.9 Å². The molecule has 0 radical (unpaired) electrons. The van der Waals surface area contributed by atoms with Gasteiger partial charge in [0.15, 0.2) is 17.6 Å². The zero-order valence-corrected chi connectivity index (χ0v) is 9.71. The Morgan fingerprint density at radius 2 is 2.12 bits per heavy atom. The number of nitrogens with zero attached hydrogens (tertiary/aromatic N) is 1. The van der Waals surface area contributed by atoms with Gasteiger partial charge in [0.25, 0.3) is 0 Å². The van der Waals surface area contributed by atoms with Crippen molar-refractivity contribution in [1.29, 1.82) is 0 Å². The third-order valence-corrected chi connectivity index (χ3v) is 4.05. The highest BCUT2D eigenvalue weighted by molar-refractivity contribution is 7.88. The van der Waals surface area contributed by atoms with Crippen LogP contribution in [0.25, 0.3) is 0 Å². The van der Waals surface area contributed by atoms with Crippen LogP contribution < -0.4 is 0 Å². The van der Waals surface area contributed by atoms with E-state index in [9.17, 15) is 17.2 Å². The lowest BCUT2D eigenvalue weighted by molar-refractivity contribution is 0.130. The van der Waals surface area contributed by atoms with E-state index in [1.165, 1.54) is 12.1 Å². The molecule has 0 spiro atoms. The number of sulfonamides is 1. The van der Waals surface area contributed by atoms with E-state index in [-0.39, 0.29) is 25.3 Å². The highest BCUT2D eigenvalue weighted by Crippen LogP contribution is 2.17. The van der Waals surface area contributed by atoms with Crippen LogP contribution in [0.15, 0.2) is 18.2 Å². The number of ether oxygens (including phenoxy) is 1. The molecule has 7 heteroatoms. The summed E-state index contributed by atoms with van der Waals surface area (Å²) in [6, 6.07) is 3.71. The first-order chi connectivity index (χ1) is 8.00. The van der Waals surface area contributed by atoms with Crippen LogP contribution >= 0.6 is 0 Å². The first-order valence-corrected chi connectivity index (χ1v) is 6.60. The lowest BCUT2D eigenvalue weighted by Gasteiger charge is -2.26. The van der Waals surface area contributed by atoms with Crippen molar-refractivity contribution in [3.8, 4) is 0 Å². The largest absolute Gasteiger partial charge is 0.363 e. The van der Waals surface area contributed by atoms with Crippen molar-refractivity contribution in [2.24, 2.45) is 0 Å². The van der Waals surface area contributed by atoms with Gasteiger partial charge in [0.1, 0.15) is 0 Å². The molecule has 1 aliphatic heterocycles. The summed E-state index contributed by atoms with van der Waals surface area (Å²) in [5.74, 6) is -2.40. The van der Waals surface area contributed by atoms with Crippen molar-refractivity contribution in [2.75, 3.05) is 19.1 Å². The Bertz CT molecular complexity index is 518. The normalized spacial score (nSPS) is 20.4. The van der Waals surface area contributed by atoms with Crippen LogP contribution in [0.4, 0.5) is 8.78 Å². The fourth-order valence-electron chi connectivity index (χ4n) is 1.58. The van der Waals surface area contributed by atoms with Gasteiger partial charge in [0.2, 0.25) is 10.0 Å². The summed E-state index contributed by atoms with van der Waals surface area (Å²) < 4.78 is 55.4. The Kier molecular flexibility index (Phi) is 3.41. The first-order valence-electron chi connectivity index (χ1n) is 4.99. The quantitative estimate of drug-likeness (QED) is 0.802. The van der Waals surface area contributed by atoms with Gasteiger partial charge in [-0.3, -0.25) is 0 Å². The topological polar surface area (TPSA) is 46.6 Å². The Labute approximate surface area is 97.9 Å². The van der Waals surface area contributed by atoms with Crippen LogP contribution in [0.5, 0.6) is 0 Å². The monoisotopic (exact) mass is 263 g/mol. The lowest BCUT2D eigenvalue weighted by atomic mass is 10.2. The minimum atomic E-state index is -3.53. The second kappa shape index (κ2) is 4.67. The summed E-state index contributed by atoms with van der Waals surface area (Å²) in [7, 11) is -3.53. The SMILES string of the molecule is O=S1(=O)COCCN1Cc1cccc(F)c1F. The van der Waals surface area contributed by atoms with Crippen LogP contribution in [-0.2, 0) is 21.3 Å². The number of benzene rings is 1. The Hall–Kier alpha value is -1.05. The number of rotatable bonds is 2. The van der Waals surface area contributed by atoms with Crippen molar-refractivity contribution in [3.63, 3.8) is 0 Å². The number of halogens is 2. The highest BCUT2D eigenvalue weighted by Gasteiger charge is 2.27. The summed E-state index contributed by atoms with van der Waals surface area (Å²) >= 11 is 0. The molecule has 0 N–H and O–H groups in total. The van der Waals surface area contributed by atoms with E-state index in [1.807, 2.05) is 0 Å². The zero-order chi connectivity index (χ0) is 12.5. The van der Waals surface area contributed by atoms with Crippen molar-refractivity contribution in [2.45, 2.75) is 6.54 Å². The second-order valence-electron chi connectivity index (χ2n) is 3.68. The van der Waals surface area contributed by atoms with Gasteiger partial charge < -0.3 is 4.74 Å². The molecule has 1 aliphatic rings. The van der Waals surface area contributed by atoms with E-state index in [1.54, 1.807) is 0 Å². The summed E-state index contributed by atoms with van der Waals surface area (Å²) in [4.78, 5) is 0. The van der Waals surface area contributed by atoms with Gasteiger partial charge >= 0.3 is 0 Å². The molecule has 1 heterocycles. The smallest absolute Gasteiger partial charge is 0.238 e. The fraction of sp³-hybridized carbons (Fsp3) is 0.400. The van der Waals surface area contributed by atoms with Gasteiger partial charge in [-0.25, -0.2) is 17.2 Å². The molecular formula is C10H11F2NO3S. The van der Waals surface area contributed by atoms with Gasteiger partial charge in [-0.1, -0.05) is 12.1 Å². The van der Waals surface area contributed by atoms with E-state index >= 15 is 0 Å². The molecule has 0 atom stereocenters. The summed E-state index contributed by atoms with van der Waals surface area (Å²) in [5.41, 5.74) is 0.0236. The minimum absolute atomic E-state index is 0.0236. The number of hydrogen-bond acceptors (Lipinski definition) is 3. The predicted octanol–water partition coefficient (Wildman–Crippen LogP) is 1.08. The van der Waals surface area contributed by atoms with Gasteiger partial charge in [-0.05, 0) is 6.07 Å². The number of hydrogen-bond donors (Lipinski definition) is 0. The summed E-state index contributed by atoms with van der Waals surface area (Å²) in [6.07, 6.45) is 0. The van der Waals surface area contributed by atoms with Crippen LogP contribution in [0.3, 0.4) is 0 Å². The first kappa shape index (κ1) is 12.4. The van der Waals surface area contributed by atoms with Crippen LogP contribution in [0, 0.1) is 11.6 Å². The predicted molar refractivity (Wildman–Crippen MR) is 56.5 cm³/mol. The van der Waals surface area contributed by atoms with E-state index in [0.717, 1.165) is 10.4 Å². The average Bonchev–Trinajstić information content (AvgIpc) is 2.27. The maximum Gasteiger partial charge on any atom is 0.238 e. The van der Waals surface area contributed by atoms with Crippen LogP contribution in [0.2, 0.25) is 0 Å². The maximum absolute atomic E-state index is 13.4. The van der Waals surface area contributed by atoms with Gasteiger partial charge in [-0.2, -0.15) is 4.31 Å². The molecule has 0 aromatic heterocycles. The summed E-state index contributed by atoms with van der Waals surface area (Å²) in [5, 5.41) is 0. The molecule has 2 rings (SSSR count). The minimum Gasteiger partial charge on any atom is -0.363 e. The molecular weight excluding hydrogens is 252 g/mol. The molecule has 0 unspecified atom stereocenters. The Balaban J connectivity index is 2.23. The fourth-order valence-corrected chi connectivity index (χ4v) is 2.75. The zero-order valence-electron chi connectivity index (χ0n) is 8.90. The van der Waals surface area contributed by atoms with Gasteiger partial charge in [0.05, 0.1) is 6.61 Å². The molecule has 0 saturated carbocycles. The van der Waals surface area contributed by atoms with E-state index in [0.29, 0.717) is 0 Å². The maximum atomic E-state index is 13.4. The van der Waals surface area contributed by atoms with Gasteiger partial charge in [-0.15, -0.1) is 0 Å². The Morgan fingerprint density at radius 1 is 1.35 bits per heavy atom. The molecule has 94 valence electrons. The highest BCUT2D eigenvalue weighted by atomic mass is 32.2. The third kappa shape index (κ3) is 2.62. The van der Waals surface area contributed by atoms with Crippen molar-refractivity contribution >= 4 is 10.0 Å². The average molecular weight is 263 g/mol. The van der Waals surface area contributed by atoms with Gasteiger partial charge in [0, 0.05) is 18.7 Å². The van der Waals surface area contributed by atoms with E-state index in [4.69, 9.17) is 4.74 Å². The van der Waals surface area contributed by atoms with E-state index < -0.39 is 27.6 Å². The Morgan fingerprint density at radius 3 is 2.82 bits per heavy atom. The van der Waals surface area contributed by atoms with Crippen molar-refractivity contribution in [1.82, 2.24) is 4.31 Å². The molecule has 4 nitrogen and oxygen atoms in total. The third-order valence-electron chi connectivity index (χ3n) is 2.49. The molecule has 1 aromatic rings. The molecule has 0 amide bonds. The lowest BCUT2D eigenvalue weighted by Crippen LogP contribution is -2.40. The second-order valence-corrected chi connectivity index (χ2v) is 5.60. The van der Waals surface area contributed by atoms with Crippen LogP contribution in [-0.4, -0.2) is 31.8 Å². The molecule has 1 fully saturated rings. The molecule has 1 saturated heterocycles. The standard InChI is InChI=1S/C10H11F2NO3S/c11-9-3-1-2-8(10(9)12)6-13-4-5-16-7-17(13,14)15/h1-3H,4-7H2. The molecule has 1 aromatic carbocycles. The summed E-state index contributed by atoms with van der Waals surface area (Å²) in [6.45, 7) is 0.240.